The molecule has 1 aliphatic rings. The molecule has 0 spiro atoms. The van der Waals surface area contributed by atoms with Crippen molar-refractivity contribution < 1.29 is 9.84 Å². The van der Waals surface area contributed by atoms with E-state index < -0.39 is 0 Å². The fraction of sp³-hybridized carbons (Fsp3) is 0.579. The van der Waals surface area contributed by atoms with Crippen molar-refractivity contribution in [1.82, 2.24) is 19.8 Å². The van der Waals surface area contributed by atoms with Crippen molar-refractivity contribution in [3.05, 3.63) is 41.5 Å². The molecule has 0 unspecified atom stereocenters. The number of aromatic nitrogens is 3. The zero-order chi connectivity index (χ0) is 18.2. The normalized spacial score (nSPS) is 15.3. The predicted octanol–water partition coefficient (Wildman–Crippen LogP) is 1.87. The van der Waals surface area contributed by atoms with Crippen LogP contribution in [0.4, 0.5) is 0 Å². The summed E-state index contributed by atoms with van der Waals surface area (Å²) in [6.45, 7) is 3.90. The molecule has 1 saturated heterocycles. The van der Waals surface area contributed by atoms with E-state index >= 15 is 0 Å². The van der Waals surface area contributed by atoms with Gasteiger partial charge in [-0.2, -0.15) is 4.79 Å². The third-order valence-electron chi connectivity index (χ3n) is 4.70. The Balaban J connectivity index is 1.39. The number of rotatable bonds is 9. The van der Waals surface area contributed by atoms with Crippen molar-refractivity contribution in [3.8, 4) is 5.75 Å². The maximum Gasteiger partial charge on any atom is 0.178 e. The third-order valence-corrected chi connectivity index (χ3v) is 4.70. The Morgan fingerprint density at radius 1 is 1.15 bits per heavy atom. The first kappa shape index (κ1) is 18.7. The first-order valence-corrected chi connectivity index (χ1v) is 9.49. The summed E-state index contributed by atoms with van der Waals surface area (Å²) in [5, 5.41) is 13.0. The van der Waals surface area contributed by atoms with Crippen molar-refractivity contribution in [2.24, 2.45) is 0 Å². The van der Waals surface area contributed by atoms with E-state index in [0.717, 1.165) is 31.6 Å². The monoisotopic (exact) mass is 359 g/mol. The van der Waals surface area contributed by atoms with E-state index in [2.05, 4.69) is 33.2 Å². The minimum atomic E-state index is -0.186. The fourth-order valence-electron chi connectivity index (χ4n) is 3.33. The number of likely N-dealkylation sites (tertiary alicyclic amines) is 1. The Labute approximate surface area is 154 Å². The van der Waals surface area contributed by atoms with Gasteiger partial charge in [0.15, 0.2) is 5.82 Å². The van der Waals surface area contributed by atoms with Gasteiger partial charge in [-0.1, -0.05) is 18.6 Å². The van der Waals surface area contributed by atoms with Crippen LogP contribution in [0.5, 0.6) is 5.75 Å². The largest absolute Gasteiger partial charge is 0.494 e. The zero-order valence-corrected chi connectivity index (χ0v) is 15.3. The number of ether oxygens (including phenoxy) is 1. The Kier molecular flexibility index (Phi) is 6.85. The summed E-state index contributed by atoms with van der Waals surface area (Å²) in [6.07, 6.45) is 6.54. The molecule has 2 aromatic rings. The number of benzene rings is 1. The summed E-state index contributed by atoms with van der Waals surface area (Å²) in [4.78, 5) is 7.95. The first-order valence-electron chi connectivity index (χ1n) is 9.49. The van der Waals surface area contributed by atoms with Crippen molar-refractivity contribution in [1.29, 1.82) is 0 Å². The van der Waals surface area contributed by atoms with Crippen LogP contribution >= 0.6 is 0 Å². The van der Waals surface area contributed by atoms with Gasteiger partial charge in [-0.05, 0) is 56.5 Å². The van der Waals surface area contributed by atoms with Gasteiger partial charge in [0, 0.05) is 13.0 Å². The minimum absolute atomic E-state index is 0.186. The quantitative estimate of drug-likeness (QED) is 0.525. The van der Waals surface area contributed by atoms with Gasteiger partial charge in [0.2, 0.25) is 0 Å². The molecule has 1 aromatic carbocycles. The van der Waals surface area contributed by atoms with Crippen LogP contribution in [-0.2, 0) is 19.6 Å². The molecule has 3 rings (SSSR count). The summed E-state index contributed by atoms with van der Waals surface area (Å²) in [5.74, 6) is 7.70. The highest BCUT2D eigenvalue weighted by Gasteiger charge is 2.11. The molecule has 7 heteroatoms. The molecule has 3 N–H and O–H groups in total. The lowest BCUT2D eigenvalue weighted by molar-refractivity contribution is 0.220. The number of aliphatic hydroxyl groups is 1. The highest BCUT2D eigenvalue weighted by Crippen LogP contribution is 2.18. The smallest absolute Gasteiger partial charge is 0.178 e. The van der Waals surface area contributed by atoms with E-state index in [1.54, 1.807) is 0 Å². The Bertz CT molecular complexity index is 682. The van der Waals surface area contributed by atoms with E-state index in [9.17, 15) is 0 Å². The van der Waals surface area contributed by atoms with Gasteiger partial charge in [-0.15, -0.1) is 5.10 Å². The minimum Gasteiger partial charge on any atom is -0.494 e. The van der Waals surface area contributed by atoms with Crippen molar-refractivity contribution in [2.45, 2.75) is 51.7 Å². The molecular weight excluding hydrogens is 330 g/mol. The van der Waals surface area contributed by atoms with Gasteiger partial charge >= 0.3 is 0 Å². The number of aliphatic hydroxyl groups excluding tert-OH is 1. The standard InChI is InChI=1S/C19H29N5O2/c20-24-19(21-18(15-25)22-24)9-2-5-12-26-17-8-6-7-16(13-17)14-23-10-3-1-4-11-23/h6-8,13,25H,1-5,9-12,14-15,20H2. The van der Waals surface area contributed by atoms with Crippen LogP contribution in [0.25, 0.3) is 0 Å². The molecule has 7 nitrogen and oxygen atoms in total. The summed E-state index contributed by atoms with van der Waals surface area (Å²) >= 11 is 0. The number of nitrogen functional groups attached to an aromatic ring is 1. The topological polar surface area (TPSA) is 89.4 Å². The number of hydrogen-bond acceptors (Lipinski definition) is 6. The molecule has 0 atom stereocenters. The number of piperidine rings is 1. The highest BCUT2D eigenvalue weighted by molar-refractivity contribution is 5.28. The highest BCUT2D eigenvalue weighted by atomic mass is 16.5. The molecule has 142 valence electrons. The number of unbranched alkanes of at least 4 members (excludes halogenated alkanes) is 1. The van der Waals surface area contributed by atoms with E-state index in [-0.39, 0.29) is 6.61 Å². The lowest BCUT2D eigenvalue weighted by Gasteiger charge is -2.26. The van der Waals surface area contributed by atoms with Crippen LogP contribution in [0.15, 0.2) is 24.3 Å². The van der Waals surface area contributed by atoms with Crippen LogP contribution in [0.2, 0.25) is 0 Å². The number of hydrogen-bond donors (Lipinski definition) is 2. The van der Waals surface area contributed by atoms with E-state index in [1.807, 2.05) is 6.07 Å². The lowest BCUT2D eigenvalue weighted by Crippen LogP contribution is -2.29. The van der Waals surface area contributed by atoms with Crippen LogP contribution in [-0.4, -0.2) is 44.6 Å². The molecule has 0 bridgehead atoms. The molecule has 1 aromatic heterocycles. The van der Waals surface area contributed by atoms with Crippen LogP contribution < -0.4 is 10.6 Å². The summed E-state index contributed by atoms with van der Waals surface area (Å²) in [5.41, 5.74) is 1.32. The Morgan fingerprint density at radius 2 is 2.00 bits per heavy atom. The maximum absolute atomic E-state index is 9.02. The Morgan fingerprint density at radius 3 is 2.77 bits per heavy atom. The molecule has 0 radical (unpaired) electrons. The van der Waals surface area contributed by atoms with Crippen LogP contribution in [0.1, 0.15) is 49.3 Å². The van der Waals surface area contributed by atoms with Gasteiger partial charge < -0.3 is 15.7 Å². The van der Waals surface area contributed by atoms with Crippen molar-refractivity contribution in [2.75, 3.05) is 25.5 Å². The summed E-state index contributed by atoms with van der Waals surface area (Å²) in [7, 11) is 0. The average Bonchev–Trinajstić information content (AvgIpc) is 3.03. The lowest BCUT2D eigenvalue weighted by atomic mass is 10.1. The summed E-state index contributed by atoms with van der Waals surface area (Å²) < 4.78 is 5.90. The van der Waals surface area contributed by atoms with E-state index in [4.69, 9.17) is 15.7 Å². The molecule has 0 amide bonds. The van der Waals surface area contributed by atoms with Gasteiger partial charge in [0.1, 0.15) is 18.2 Å². The fourth-order valence-corrected chi connectivity index (χ4v) is 3.33. The van der Waals surface area contributed by atoms with Gasteiger partial charge in [-0.25, -0.2) is 4.98 Å². The summed E-state index contributed by atoms with van der Waals surface area (Å²) in [6, 6.07) is 8.42. The Hall–Kier alpha value is -2.12. The molecule has 1 aliphatic heterocycles. The average molecular weight is 359 g/mol. The van der Waals surface area contributed by atoms with Gasteiger partial charge in [-0.3, -0.25) is 4.90 Å². The second-order valence-electron chi connectivity index (χ2n) is 6.84. The molecule has 26 heavy (non-hydrogen) atoms. The molecule has 2 heterocycles. The van der Waals surface area contributed by atoms with E-state index in [0.29, 0.717) is 18.3 Å². The molecular formula is C19H29N5O2. The third kappa shape index (κ3) is 5.44. The number of nitrogens with zero attached hydrogens (tertiary/aromatic N) is 4. The molecule has 0 aliphatic carbocycles. The van der Waals surface area contributed by atoms with E-state index in [1.165, 1.54) is 42.7 Å². The SMILES string of the molecule is Nn1nc(CO)nc1CCCCOc1cccc(CN2CCCCC2)c1. The second kappa shape index (κ2) is 9.54. The predicted molar refractivity (Wildman–Crippen MR) is 100 cm³/mol. The van der Waals surface area contributed by atoms with Crippen LogP contribution in [0.3, 0.4) is 0 Å². The van der Waals surface area contributed by atoms with Gasteiger partial charge in [0.25, 0.3) is 0 Å². The van der Waals surface area contributed by atoms with Gasteiger partial charge in [0.05, 0.1) is 6.61 Å². The molecule has 1 fully saturated rings. The van der Waals surface area contributed by atoms with Crippen molar-refractivity contribution >= 4 is 0 Å². The maximum atomic E-state index is 9.02. The van der Waals surface area contributed by atoms with Crippen molar-refractivity contribution in [3.63, 3.8) is 0 Å². The number of aryl methyl sites for hydroxylation is 1. The molecule has 0 saturated carbocycles. The van der Waals surface area contributed by atoms with Crippen LogP contribution in [0, 0.1) is 0 Å². The zero-order valence-electron chi connectivity index (χ0n) is 15.3. The second-order valence-corrected chi connectivity index (χ2v) is 6.84. The number of nitrogens with two attached hydrogens (primary N) is 1. The first-order chi connectivity index (χ1) is 12.7.